The molecule has 1 aromatic carbocycles. The number of fused-ring (bicyclic) bond motifs is 1. The lowest BCUT2D eigenvalue weighted by atomic mass is 9.99. The van der Waals surface area contributed by atoms with Gasteiger partial charge in [0.05, 0.1) is 11.7 Å². The summed E-state index contributed by atoms with van der Waals surface area (Å²) in [5, 5.41) is 11.5. The molecule has 1 aromatic heterocycles. The van der Waals surface area contributed by atoms with E-state index < -0.39 is 0 Å². The molecule has 1 aliphatic rings. The molecule has 0 spiro atoms. The maximum Gasteiger partial charge on any atom is 0.0656 e. The minimum absolute atomic E-state index is 0.982. The zero-order chi connectivity index (χ0) is 10.1. The molecule has 0 unspecified atom stereocenters. The van der Waals surface area contributed by atoms with E-state index in [2.05, 4.69) is 39.8 Å². The SMILES string of the molecule is C1=C(c2ccc3cn[nH]c3c2)CCNC1. The van der Waals surface area contributed by atoms with E-state index in [0.717, 1.165) is 25.0 Å². The van der Waals surface area contributed by atoms with Crippen LogP contribution in [0.3, 0.4) is 0 Å². The normalized spacial score (nSPS) is 16.7. The number of nitrogens with zero attached hydrogens (tertiary/aromatic N) is 1. The van der Waals surface area contributed by atoms with Crippen LogP contribution in [0.15, 0.2) is 30.5 Å². The number of nitrogens with one attached hydrogen (secondary N) is 2. The summed E-state index contributed by atoms with van der Waals surface area (Å²) in [6.45, 7) is 2.06. The molecule has 0 bridgehead atoms. The molecule has 0 atom stereocenters. The molecule has 76 valence electrons. The van der Waals surface area contributed by atoms with Gasteiger partial charge in [0.1, 0.15) is 0 Å². The molecule has 3 nitrogen and oxygen atoms in total. The second kappa shape index (κ2) is 3.51. The Bertz CT molecular complexity index is 510. The van der Waals surface area contributed by atoms with Crippen molar-refractivity contribution in [2.45, 2.75) is 6.42 Å². The van der Waals surface area contributed by atoms with Crippen molar-refractivity contribution in [1.29, 1.82) is 0 Å². The maximum atomic E-state index is 4.03. The summed E-state index contributed by atoms with van der Waals surface area (Å²) in [4.78, 5) is 0. The van der Waals surface area contributed by atoms with Gasteiger partial charge in [-0.25, -0.2) is 0 Å². The average molecular weight is 199 g/mol. The molecule has 2 heterocycles. The first-order chi connectivity index (χ1) is 7.43. The van der Waals surface area contributed by atoms with Crippen molar-refractivity contribution in [3.8, 4) is 0 Å². The number of aromatic nitrogens is 2. The Morgan fingerprint density at radius 1 is 1.27 bits per heavy atom. The summed E-state index contributed by atoms with van der Waals surface area (Å²) < 4.78 is 0. The topological polar surface area (TPSA) is 40.7 Å². The molecule has 0 aliphatic carbocycles. The van der Waals surface area contributed by atoms with Crippen molar-refractivity contribution in [2.75, 3.05) is 13.1 Å². The number of rotatable bonds is 1. The zero-order valence-corrected chi connectivity index (χ0v) is 8.46. The third kappa shape index (κ3) is 1.55. The van der Waals surface area contributed by atoms with Crippen LogP contribution in [-0.4, -0.2) is 23.3 Å². The molecular formula is C12H13N3. The third-order valence-electron chi connectivity index (χ3n) is 2.88. The van der Waals surface area contributed by atoms with Gasteiger partial charge in [-0.3, -0.25) is 5.10 Å². The molecule has 2 N–H and O–H groups in total. The largest absolute Gasteiger partial charge is 0.313 e. The first-order valence-corrected chi connectivity index (χ1v) is 5.27. The number of H-pyrrole nitrogens is 1. The van der Waals surface area contributed by atoms with E-state index >= 15 is 0 Å². The van der Waals surface area contributed by atoms with Crippen molar-refractivity contribution in [3.05, 3.63) is 36.0 Å². The van der Waals surface area contributed by atoms with Gasteiger partial charge in [0, 0.05) is 11.9 Å². The van der Waals surface area contributed by atoms with E-state index in [-0.39, 0.29) is 0 Å². The molecule has 15 heavy (non-hydrogen) atoms. The smallest absolute Gasteiger partial charge is 0.0656 e. The summed E-state index contributed by atoms with van der Waals surface area (Å²) in [5.41, 5.74) is 3.87. The van der Waals surface area contributed by atoms with Crippen molar-refractivity contribution in [3.63, 3.8) is 0 Å². The van der Waals surface area contributed by atoms with Gasteiger partial charge in [0.25, 0.3) is 0 Å². The standard InChI is InChI=1S/C12H13N3/c1-2-11-8-14-15-12(11)7-10(1)9-3-5-13-6-4-9/h1-3,7-8,13H,4-6H2,(H,14,15). The fourth-order valence-corrected chi connectivity index (χ4v) is 2.02. The monoisotopic (exact) mass is 199 g/mol. The molecule has 0 radical (unpaired) electrons. The highest BCUT2D eigenvalue weighted by molar-refractivity contribution is 5.82. The second-order valence-electron chi connectivity index (χ2n) is 3.86. The maximum absolute atomic E-state index is 4.03. The van der Waals surface area contributed by atoms with Gasteiger partial charge in [0.15, 0.2) is 0 Å². The zero-order valence-electron chi connectivity index (χ0n) is 8.46. The molecule has 0 saturated heterocycles. The lowest BCUT2D eigenvalue weighted by Crippen LogP contribution is -2.19. The first kappa shape index (κ1) is 8.68. The molecule has 0 amide bonds. The summed E-state index contributed by atoms with van der Waals surface area (Å²) in [5.74, 6) is 0. The van der Waals surface area contributed by atoms with Crippen LogP contribution in [0.2, 0.25) is 0 Å². The van der Waals surface area contributed by atoms with Gasteiger partial charge in [-0.2, -0.15) is 5.10 Å². The Labute approximate surface area is 88.2 Å². The Morgan fingerprint density at radius 3 is 3.13 bits per heavy atom. The van der Waals surface area contributed by atoms with Gasteiger partial charge >= 0.3 is 0 Å². The van der Waals surface area contributed by atoms with Crippen LogP contribution < -0.4 is 5.32 Å². The van der Waals surface area contributed by atoms with E-state index in [0.29, 0.717) is 0 Å². The van der Waals surface area contributed by atoms with Crippen LogP contribution in [-0.2, 0) is 0 Å². The molecule has 3 heteroatoms. The number of hydrogen-bond donors (Lipinski definition) is 2. The Kier molecular flexibility index (Phi) is 2.03. The summed E-state index contributed by atoms with van der Waals surface area (Å²) >= 11 is 0. The Hall–Kier alpha value is -1.61. The fraction of sp³-hybridized carbons (Fsp3) is 0.250. The number of aromatic amines is 1. The van der Waals surface area contributed by atoms with Gasteiger partial charge in [-0.15, -0.1) is 0 Å². The minimum atomic E-state index is 0.982. The molecular weight excluding hydrogens is 186 g/mol. The fourth-order valence-electron chi connectivity index (χ4n) is 2.02. The van der Waals surface area contributed by atoms with Crippen LogP contribution in [0.1, 0.15) is 12.0 Å². The number of hydrogen-bond acceptors (Lipinski definition) is 2. The molecule has 0 saturated carbocycles. The summed E-state index contributed by atoms with van der Waals surface area (Å²) in [7, 11) is 0. The van der Waals surface area contributed by atoms with Gasteiger partial charge < -0.3 is 5.32 Å². The summed E-state index contributed by atoms with van der Waals surface area (Å²) in [6.07, 6.45) is 5.23. The Balaban J connectivity index is 2.06. The predicted molar refractivity (Wildman–Crippen MR) is 61.6 cm³/mol. The van der Waals surface area contributed by atoms with Crippen molar-refractivity contribution in [2.24, 2.45) is 0 Å². The quantitative estimate of drug-likeness (QED) is 0.737. The first-order valence-electron chi connectivity index (χ1n) is 5.27. The molecule has 0 fully saturated rings. The van der Waals surface area contributed by atoms with Crippen LogP contribution in [0.5, 0.6) is 0 Å². The van der Waals surface area contributed by atoms with Crippen LogP contribution in [0.25, 0.3) is 16.5 Å². The molecule has 1 aliphatic heterocycles. The van der Waals surface area contributed by atoms with Crippen LogP contribution in [0.4, 0.5) is 0 Å². The lowest BCUT2D eigenvalue weighted by molar-refractivity contribution is 0.738. The van der Waals surface area contributed by atoms with Crippen molar-refractivity contribution in [1.82, 2.24) is 15.5 Å². The van der Waals surface area contributed by atoms with E-state index in [1.165, 1.54) is 16.5 Å². The third-order valence-corrected chi connectivity index (χ3v) is 2.88. The lowest BCUT2D eigenvalue weighted by Gasteiger charge is -2.14. The molecule has 2 aromatic rings. The van der Waals surface area contributed by atoms with Gasteiger partial charge in [-0.05, 0) is 30.2 Å². The second-order valence-corrected chi connectivity index (χ2v) is 3.86. The van der Waals surface area contributed by atoms with Crippen molar-refractivity contribution < 1.29 is 0 Å². The predicted octanol–water partition coefficient (Wildman–Crippen LogP) is 1.94. The van der Waals surface area contributed by atoms with Gasteiger partial charge in [-0.1, -0.05) is 18.2 Å². The highest BCUT2D eigenvalue weighted by Crippen LogP contribution is 2.22. The number of benzene rings is 1. The van der Waals surface area contributed by atoms with E-state index in [1.54, 1.807) is 0 Å². The average Bonchev–Trinajstić information content (AvgIpc) is 2.77. The van der Waals surface area contributed by atoms with Crippen LogP contribution >= 0.6 is 0 Å². The van der Waals surface area contributed by atoms with Crippen LogP contribution in [0, 0.1) is 0 Å². The van der Waals surface area contributed by atoms with Crippen molar-refractivity contribution >= 4 is 16.5 Å². The van der Waals surface area contributed by atoms with E-state index in [1.807, 2.05) is 6.20 Å². The van der Waals surface area contributed by atoms with E-state index in [9.17, 15) is 0 Å². The highest BCUT2D eigenvalue weighted by atomic mass is 15.1. The minimum Gasteiger partial charge on any atom is -0.313 e. The molecule has 3 rings (SSSR count). The van der Waals surface area contributed by atoms with E-state index in [4.69, 9.17) is 0 Å². The summed E-state index contributed by atoms with van der Waals surface area (Å²) in [6, 6.07) is 6.48. The highest BCUT2D eigenvalue weighted by Gasteiger charge is 2.06. The van der Waals surface area contributed by atoms with Gasteiger partial charge in [0.2, 0.25) is 0 Å². The Morgan fingerprint density at radius 2 is 2.27 bits per heavy atom.